The number of rotatable bonds is 3. The summed E-state index contributed by atoms with van der Waals surface area (Å²) < 4.78 is 20.4. The monoisotopic (exact) mass is 368 g/mol. The molecule has 0 unspecified atom stereocenters. The molecule has 0 saturated carbocycles. The summed E-state index contributed by atoms with van der Waals surface area (Å²) in [7, 11) is 1.43. The van der Waals surface area contributed by atoms with Gasteiger partial charge in [-0.25, -0.2) is 9.07 Å². The number of nitrogens with zero attached hydrogens (tertiary/aromatic N) is 2. The highest BCUT2D eigenvalue weighted by Gasteiger charge is 2.10. The standard InChI is InChI=1S/C20H14ClFN2O2/c1-26-20-10-15(4-5-17(20)22)24-18-6-2-12(8-14(18)11-23-24)13-3-7-19(25)16(21)9-13/h2-11,25H,1H3. The fourth-order valence-electron chi connectivity index (χ4n) is 2.88. The molecule has 0 aliphatic heterocycles. The number of hydrogen-bond acceptors (Lipinski definition) is 3. The van der Waals surface area contributed by atoms with Gasteiger partial charge in [-0.1, -0.05) is 23.7 Å². The third-order valence-corrected chi connectivity index (χ3v) is 4.53. The number of fused-ring (bicyclic) bond motifs is 1. The van der Waals surface area contributed by atoms with Gasteiger partial charge in [0.05, 0.1) is 29.5 Å². The van der Waals surface area contributed by atoms with Crippen molar-refractivity contribution in [3.05, 3.63) is 71.6 Å². The van der Waals surface area contributed by atoms with Gasteiger partial charge in [-0.3, -0.25) is 0 Å². The van der Waals surface area contributed by atoms with E-state index < -0.39 is 5.82 Å². The summed E-state index contributed by atoms with van der Waals surface area (Å²) in [6, 6.07) is 15.6. The SMILES string of the molecule is COc1cc(-n2ncc3cc(-c4ccc(O)c(Cl)c4)ccc32)ccc1F. The lowest BCUT2D eigenvalue weighted by atomic mass is 10.0. The van der Waals surface area contributed by atoms with Crippen molar-refractivity contribution in [2.24, 2.45) is 0 Å². The molecule has 0 fully saturated rings. The lowest BCUT2D eigenvalue weighted by molar-refractivity contribution is 0.386. The fraction of sp³-hybridized carbons (Fsp3) is 0.0500. The Hall–Kier alpha value is -3.05. The molecule has 4 rings (SSSR count). The molecule has 1 N–H and O–H groups in total. The second-order valence-corrected chi connectivity index (χ2v) is 6.22. The van der Waals surface area contributed by atoms with Gasteiger partial charge in [0.25, 0.3) is 0 Å². The van der Waals surface area contributed by atoms with E-state index in [9.17, 15) is 9.50 Å². The van der Waals surface area contributed by atoms with Crippen LogP contribution in [0, 0.1) is 5.82 Å². The minimum absolute atomic E-state index is 0.0505. The number of hydrogen-bond donors (Lipinski definition) is 1. The number of aromatic hydroxyl groups is 1. The Morgan fingerprint density at radius 3 is 2.58 bits per heavy atom. The van der Waals surface area contributed by atoms with Crippen molar-refractivity contribution in [2.75, 3.05) is 7.11 Å². The first kappa shape index (κ1) is 16.4. The van der Waals surface area contributed by atoms with Gasteiger partial charge in [0.1, 0.15) is 5.75 Å². The zero-order chi connectivity index (χ0) is 18.3. The van der Waals surface area contributed by atoms with E-state index in [-0.39, 0.29) is 11.5 Å². The van der Waals surface area contributed by atoms with Crippen LogP contribution in [0.4, 0.5) is 4.39 Å². The van der Waals surface area contributed by atoms with Crippen LogP contribution in [0.1, 0.15) is 0 Å². The van der Waals surface area contributed by atoms with E-state index in [4.69, 9.17) is 16.3 Å². The molecule has 26 heavy (non-hydrogen) atoms. The normalized spacial score (nSPS) is 11.0. The van der Waals surface area contributed by atoms with Crippen LogP contribution in [0.3, 0.4) is 0 Å². The Balaban J connectivity index is 1.79. The highest BCUT2D eigenvalue weighted by molar-refractivity contribution is 6.32. The fourth-order valence-corrected chi connectivity index (χ4v) is 3.07. The number of benzene rings is 3. The summed E-state index contributed by atoms with van der Waals surface area (Å²) in [5.74, 6) is -0.199. The molecule has 0 radical (unpaired) electrons. The minimum Gasteiger partial charge on any atom is -0.506 e. The molecule has 6 heteroatoms. The lowest BCUT2D eigenvalue weighted by Crippen LogP contribution is -1.98. The highest BCUT2D eigenvalue weighted by Crippen LogP contribution is 2.31. The van der Waals surface area contributed by atoms with Crippen molar-refractivity contribution in [3.63, 3.8) is 0 Å². The molecular formula is C20H14ClFN2O2. The molecule has 0 aliphatic rings. The van der Waals surface area contributed by atoms with Crippen molar-refractivity contribution in [1.29, 1.82) is 0 Å². The molecule has 0 bridgehead atoms. The molecule has 130 valence electrons. The first-order valence-corrected chi connectivity index (χ1v) is 8.25. The van der Waals surface area contributed by atoms with Gasteiger partial charge in [0.15, 0.2) is 11.6 Å². The summed E-state index contributed by atoms with van der Waals surface area (Å²) in [5.41, 5.74) is 3.44. The minimum atomic E-state index is -0.417. The van der Waals surface area contributed by atoms with Crippen molar-refractivity contribution in [3.8, 4) is 28.3 Å². The Labute approximate surface area is 154 Å². The molecule has 0 aliphatic carbocycles. The second-order valence-electron chi connectivity index (χ2n) is 5.82. The largest absolute Gasteiger partial charge is 0.506 e. The van der Waals surface area contributed by atoms with Crippen LogP contribution in [0.15, 0.2) is 60.8 Å². The number of phenolic OH excluding ortho intramolecular Hbond substituents is 1. The maximum Gasteiger partial charge on any atom is 0.165 e. The highest BCUT2D eigenvalue weighted by atomic mass is 35.5. The smallest absolute Gasteiger partial charge is 0.165 e. The van der Waals surface area contributed by atoms with E-state index in [1.165, 1.54) is 13.2 Å². The Bertz CT molecular complexity index is 1120. The van der Waals surface area contributed by atoms with Crippen LogP contribution >= 0.6 is 11.6 Å². The second kappa shape index (κ2) is 6.35. The molecule has 0 saturated heterocycles. The van der Waals surface area contributed by atoms with Gasteiger partial charge in [0, 0.05) is 11.5 Å². The first-order chi connectivity index (χ1) is 12.6. The van der Waals surface area contributed by atoms with E-state index in [1.54, 1.807) is 41.2 Å². The summed E-state index contributed by atoms with van der Waals surface area (Å²) in [6.45, 7) is 0. The van der Waals surface area contributed by atoms with Gasteiger partial charge in [-0.15, -0.1) is 0 Å². The Morgan fingerprint density at radius 2 is 1.81 bits per heavy atom. The molecule has 1 heterocycles. The average molecular weight is 369 g/mol. The van der Waals surface area contributed by atoms with Crippen LogP contribution in [0.25, 0.3) is 27.7 Å². The van der Waals surface area contributed by atoms with Gasteiger partial charge >= 0.3 is 0 Å². The average Bonchev–Trinajstić information content (AvgIpc) is 3.07. The van der Waals surface area contributed by atoms with E-state index in [0.29, 0.717) is 10.7 Å². The van der Waals surface area contributed by atoms with E-state index in [0.717, 1.165) is 22.0 Å². The van der Waals surface area contributed by atoms with Gasteiger partial charge in [-0.05, 0) is 47.5 Å². The van der Waals surface area contributed by atoms with E-state index in [2.05, 4.69) is 5.10 Å². The van der Waals surface area contributed by atoms with Crippen LogP contribution in [-0.4, -0.2) is 22.0 Å². The quantitative estimate of drug-likeness (QED) is 0.540. The van der Waals surface area contributed by atoms with Crippen molar-refractivity contribution >= 4 is 22.5 Å². The molecule has 0 spiro atoms. The van der Waals surface area contributed by atoms with Gasteiger partial charge < -0.3 is 9.84 Å². The van der Waals surface area contributed by atoms with E-state index in [1.807, 2.05) is 18.2 Å². The lowest BCUT2D eigenvalue weighted by Gasteiger charge is -2.08. The maximum absolute atomic E-state index is 13.6. The molecule has 0 amide bonds. The summed E-state index contributed by atoms with van der Waals surface area (Å²) in [6.07, 6.45) is 1.75. The summed E-state index contributed by atoms with van der Waals surface area (Å²) >= 11 is 6.00. The number of ether oxygens (including phenoxy) is 1. The topological polar surface area (TPSA) is 47.3 Å². The van der Waals surface area contributed by atoms with Crippen LogP contribution < -0.4 is 4.74 Å². The predicted molar refractivity (Wildman–Crippen MR) is 99.7 cm³/mol. The summed E-state index contributed by atoms with van der Waals surface area (Å²) in [5, 5.41) is 15.2. The first-order valence-electron chi connectivity index (χ1n) is 7.87. The predicted octanol–water partition coefficient (Wildman–Crippen LogP) is 5.20. The van der Waals surface area contributed by atoms with Crippen LogP contribution in [-0.2, 0) is 0 Å². The number of aromatic nitrogens is 2. The molecule has 1 aromatic heterocycles. The third kappa shape index (κ3) is 2.76. The number of methoxy groups -OCH3 is 1. The molecule has 4 nitrogen and oxygen atoms in total. The molecule has 4 aromatic rings. The van der Waals surface area contributed by atoms with E-state index >= 15 is 0 Å². The van der Waals surface area contributed by atoms with Gasteiger partial charge in [-0.2, -0.15) is 5.10 Å². The number of halogens is 2. The Kier molecular flexibility index (Phi) is 4.01. The van der Waals surface area contributed by atoms with Crippen molar-refractivity contribution < 1.29 is 14.2 Å². The Morgan fingerprint density at radius 1 is 1.04 bits per heavy atom. The molecule has 3 aromatic carbocycles. The van der Waals surface area contributed by atoms with Crippen molar-refractivity contribution in [2.45, 2.75) is 0 Å². The van der Waals surface area contributed by atoms with Crippen molar-refractivity contribution in [1.82, 2.24) is 9.78 Å². The zero-order valence-corrected chi connectivity index (χ0v) is 14.5. The number of phenols is 1. The third-order valence-electron chi connectivity index (χ3n) is 4.23. The summed E-state index contributed by atoms with van der Waals surface area (Å²) in [4.78, 5) is 0. The molecular weight excluding hydrogens is 355 g/mol. The van der Waals surface area contributed by atoms with Gasteiger partial charge in [0.2, 0.25) is 0 Å². The zero-order valence-electron chi connectivity index (χ0n) is 13.8. The maximum atomic E-state index is 13.6. The molecule has 0 atom stereocenters. The van der Waals surface area contributed by atoms with Crippen LogP contribution in [0.2, 0.25) is 5.02 Å². The van der Waals surface area contributed by atoms with Crippen LogP contribution in [0.5, 0.6) is 11.5 Å².